The number of thiophene rings is 1. The van der Waals surface area contributed by atoms with E-state index in [-0.39, 0.29) is 12.3 Å². The van der Waals surface area contributed by atoms with Gasteiger partial charge in [-0.25, -0.2) is 9.78 Å². The second-order valence-electron chi connectivity index (χ2n) is 4.89. The first kappa shape index (κ1) is 14.7. The predicted molar refractivity (Wildman–Crippen MR) is 84.6 cm³/mol. The van der Waals surface area contributed by atoms with Gasteiger partial charge >= 0.3 is 5.97 Å². The molecule has 1 amide bonds. The van der Waals surface area contributed by atoms with Crippen molar-refractivity contribution in [2.45, 2.75) is 24.8 Å². The molecule has 0 saturated heterocycles. The van der Waals surface area contributed by atoms with Gasteiger partial charge < -0.3 is 10.4 Å². The first-order valence-electron chi connectivity index (χ1n) is 6.22. The highest BCUT2D eigenvalue weighted by Gasteiger charge is 2.51. The lowest BCUT2D eigenvalue weighted by atomic mass is 10.2. The normalized spacial score (nSPS) is 15.7. The molecule has 1 saturated carbocycles. The molecule has 0 bridgehead atoms. The number of nitrogens with zero attached hydrogens (tertiary/aromatic N) is 1. The molecule has 0 unspecified atom stereocenters. The van der Waals surface area contributed by atoms with Gasteiger partial charge in [0.15, 0.2) is 0 Å². The Balaban J connectivity index is 1.65. The fourth-order valence-corrected chi connectivity index (χ4v) is 4.25. The lowest BCUT2D eigenvalue weighted by Gasteiger charge is -2.11. The molecule has 0 spiro atoms. The Bertz CT molecular complexity index is 706. The van der Waals surface area contributed by atoms with E-state index in [1.807, 2.05) is 16.8 Å². The topological polar surface area (TPSA) is 79.3 Å². The summed E-state index contributed by atoms with van der Waals surface area (Å²) in [5.74, 6) is -1.25. The van der Waals surface area contributed by atoms with Crippen molar-refractivity contribution in [3.63, 3.8) is 0 Å². The van der Waals surface area contributed by atoms with Gasteiger partial charge in [0, 0.05) is 15.2 Å². The number of hydrogen-bond acceptors (Lipinski definition) is 5. The van der Waals surface area contributed by atoms with E-state index >= 15 is 0 Å². The molecule has 0 atom stereocenters. The molecule has 5 nitrogen and oxygen atoms in total. The van der Waals surface area contributed by atoms with Gasteiger partial charge in [-0.3, -0.25) is 4.79 Å². The average molecular weight is 387 g/mol. The maximum atomic E-state index is 11.9. The molecule has 0 aromatic carbocycles. The highest BCUT2D eigenvalue weighted by molar-refractivity contribution is 9.10. The number of amides is 1. The molecule has 0 aliphatic heterocycles. The zero-order chi connectivity index (χ0) is 15.0. The van der Waals surface area contributed by atoms with Crippen LogP contribution in [0.3, 0.4) is 0 Å². The lowest BCUT2D eigenvalue weighted by Crippen LogP contribution is -2.43. The summed E-state index contributed by atoms with van der Waals surface area (Å²) in [4.78, 5) is 28.4. The summed E-state index contributed by atoms with van der Waals surface area (Å²) in [6.45, 7) is 0. The number of carboxylic acids is 1. The number of halogens is 1. The summed E-state index contributed by atoms with van der Waals surface area (Å²) < 4.78 is 1.01. The first-order valence-corrected chi connectivity index (χ1v) is 8.77. The summed E-state index contributed by atoms with van der Waals surface area (Å²) in [6.07, 6.45) is 1.11. The van der Waals surface area contributed by atoms with Crippen molar-refractivity contribution in [2.24, 2.45) is 0 Å². The molecule has 0 radical (unpaired) electrons. The van der Waals surface area contributed by atoms with Crippen LogP contribution >= 0.6 is 38.6 Å². The van der Waals surface area contributed by atoms with Crippen molar-refractivity contribution in [1.29, 1.82) is 0 Å². The third-order valence-electron chi connectivity index (χ3n) is 3.21. The molecule has 1 fully saturated rings. The van der Waals surface area contributed by atoms with Gasteiger partial charge in [0.1, 0.15) is 10.5 Å². The number of carboxylic acid groups (broad SMARTS) is 1. The number of thiazole rings is 1. The van der Waals surface area contributed by atoms with E-state index in [1.54, 1.807) is 11.3 Å². The summed E-state index contributed by atoms with van der Waals surface area (Å²) in [5.41, 5.74) is -0.368. The van der Waals surface area contributed by atoms with E-state index in [4.69, 9.17) is 5.11 Å². The standard InChI is InChI=1S/C13H11BrN2O3S2/c14-7-3-9(20-5-7)11-15-8(6-21-11)4-10(17)16-13(1-2-13)12(18)19/h3,5-6H,1-2,4H2,(H,16,17)(H,18,19). The predicted octanol–water partition coefficient (Wildman–Crippen LogP) is 2.91. The van der Waals surface area contributed by atoms with Crippen LogP contribution in [0.1, 0.15) is 18.5 Å². The number of carbonyl (C=O) groups excluding carboxylic acids is 1. The molecule has 3 rings (SSSR count). The lowest BCUT2D eigenvalue weighted by molar-refractivity contribution is -0.143. The Morgan fingerprint density at radius 3 is 2.71 bits per heavy atom. The van der Waals surface area contributed by atoms with Crippen molar-refractivity contribution in [3.8, 4) is 9.88 Å². The summed E-state index contributed by atoms with van der Waals surface area (Å²) in [7, 11) is 0. The van der Waals surface area contributed by atoms with Crippen LogP contribution in [-0.2, 0) is 16.0 Å². The molecule has 8 heteroatoms. The zero-order valence-electron chi connectivity index (χ0n) is 10.8. The molecule has 2 heterocycles. The van der Waals surface area contributed by atoms with Crippen molar-refractivity contribution >= 4 is 50.5 Å². The van der Waals surface area contributed by atoms with E-state index in [0.717, 1.165) is 14.4 Å². The number of nitrogens with one attached hydrogen (secondary N) is 1. The van der Waals surface area contributed by atoms with E-state index in [1.165, 1.54) is 11.3 Å². The van der Waals surface area contributed by atoms with Gasteiger partial charge in [0.05, 0.1) is 17.0 Å². The van der Waals surface area contributed by atoms with Gasteiger partial charge in [-0.05, 0) is 34.8 Å². The third-order valence-corrected chi connectivity index (χ3v) is 5.96. The van der Waals surface area contributed by atoms with E-state index in [0.29, 0.717) is 18.5 Å². The molecule has 1 aliphatic rings. The first-order chi connectivity index (χ1) is 9.98. The van der Waals surface area contributed by atoms with E-state index < -0.39 is 11.5 Å². The van der Waals surface area contributed by atoms with Gasteiger partial charge in [-0.2, -0.15) is 0 Å². The van der Waals surface area contributed by atoms with Crippen LogP contribution in [-0.4, -0.2) is 27.5 Å². The maximum Gasteiger partial charge on any atom is 0.329 e. The minimum absolute atomic E-state index is 0.109. The molecule has 21 heavy (non-hydrogen) atoms. The SMILES string of the molecule is O=C(Cc1csc(-c2cc(Br)cs2)n1)NC1(C(=O)O)CC1. The van der Waals surface area contributed by atoms with Crippen LogP contribution in [0.25, 0.3) is 9.88 Å². The van der Waals surface area contributed by atoms with Gasteiger partial charge in [0.25, 0.3) is 0 Å². The van der Waals surface area contributed by atoms with E-state index in [9.17, 15) is 9.59 Å². The van der Waals surface area contributed by atoms with Crippen LogP contribution in [0, 0.1) is 0 Å². The van der Waals surface area contributed by atoms with Crippen LogP contribution in [0.15, 0.2) is 21.3 Å². The van der Waals surface area contributed by atoms with Crippen molar-refractivity contribution in [3.05, 3.63) is 27.0 Å². The molecule has 2 aromatic rings. The maximum absolute atomic E-state index is 11.9. The van der Waals surface area contributed by atoms with Crippen LogP contribution in [0.2, 0.25) is 0 Å². The quantitative estimate of drug-likeness (QED) is 0.827. The van der Waals surface area contributed by atoms with Crippen LogP contribution < -0.4 is 5.32 Å². The fourth-order valence-electron chi connectivity index (χ4n) is 1.92. The highest BCUT2D eigenvalue weighted by Crippen LogP contribution is 2.36. The Kier molecular flexibility index (Phi) is 3.85. The molecular formula is C13H11BrN2O3S2. The molecular weight excluding hydrogens is 376 g/mol. The highest BCUT2D eigenvalue weighted by atomic mass is 79.9. The number of rotatable bonds is 5. The summed E-state index contributed by atoms with van der Waals surface area (Å²) in [6, 6.07) is 1.98. The average Bonchev–Trinajstić information content (AvgIpc) is 2.84. The van der Waals surface area contributed by atoms with Gasteiger partial charge in [-0.15, -0.1) is 22.7 Å². The number of carbonyl (C=O) groups is 2. The molecule has 110 valence electrons. The fraction of sp³-hybridized carbons (Fsp3) is 0.308. The second-order valence-corrected chi connectivity index (χ2v) is 7.57. The number of aromatic nitrogens is 1. The van der Waals surface area contributed by atoms with Crippen molar-refractivity contribution < 1.29 is 14.7 Å². The second kappa shape index (κ2) is 5.51. The summed E-state index contributed by atoms with van der Waals surface area (Å²) >= 11 is 6.46. The van der Waals surface area contributed by atoms with Crippen molar-refractivity contribution in [2.75, 3.05) is 0 Å². The zero-order valence-corrected chi connectivity index (χ0v) is 14.0. The Hall–Kier alpha value is -1.25. The Morgan fingerprint density at radius 2 is 2.14 bits per heavy atom. The minimum Gasteiger partial charge on any atom is -0.480 e. The largest absolute Gasteiger partial charge is 0.480 e. The smallest absolute Gasteiger partial charge is 0.329 e. The Labute approximate surface area is 137 Å². The number of hydrogen-bond donors (Lipinski definition) is 2. The van der Waals surface area contributed by atoms with Crippen LogP contribution in [0.4, 0.5) is 0 Å². The minimum atomic E-state index is -1.03. The molecule has 2 aromatic heterocycles. The third kappa shape index (κ3) is 3.17. The molecule has 1 aliphatic carbocycles. The van der Waals surface area contributed by atoms with E-state index in [2.05, 4.69) is 26.2 Å². The number of aliphatic carboxylic acids is 1. The molecule has 2 N–H and O–H groups in total. The monoisotopic (exact) mass is 386 g/mol. The van der Waals surface area contributed by atoms with Crippen LogP contribution in [0.5, 0.6) is 0 Å². The summed E-state index contributed by atoms with van der Waals surface area (Å²) in [5, 5.41) is 16.3. The Morgan fingerprint density at radius 1 is 1.38 bits per heavy atom. The van der Waals surface area contributed by atoms with Crippen molar-refractivity contribution in [1.82, 2.24) is 10.3 Å². The van der Waals surface area contributed by atoms with Gasteiger partial charge in [0.2, 0.25) is 5.91 Å². The van der Waals surface area contributed by atoms with Gasteiger partial charge in [-0.1, -0.05) is 0 Å².